The lowest BCUT2D eigenvalue weighted by molar-refractivity contribution is 0.0969. The lowest BCUT2D eigenvalue weighted by Gasteiger charge is -2.42. The molecular weight excluding hydrogens is 375 g/mol. The normalized spacial score (nSPS) is 13.7. The van der Waals surface area contributed by atoms with Crippen LogP contribution in [-0.2, 0) is 0 Å². The van der Waals surface area contributed by atoms with E-state index in [1.54, 1.807) is 12.1 Å². The average Bonchev–Trinajstić information content (AvgIpc) is 2.43. The number of Topliss-reactive ketones (excluding diaryl/α,β-unsaturated/α-hetero) is 1. The van der Waals surface area contributed by atoms with E-state index in [0.717, 1.165) is 5.75 Å². The summed E-state index contributed by atoms with van der Waals surface area (Å²) in [6, 6.07) is 7.13. The van der Waals surface area contributed by atoms with Crippen LogP contribution in [0.15, 0.2) is 24.3 Å². The SMILES string of the molecule is CC(C)[Si](Oc1ccc(C(=O)CC(F)Br)cc1)(C(C)C)C(C)C. The van der Waals surface area contributed by atoms with E-state index in [2.05, 4.69) is 57.5 Å². The summed E-state index contributed by atoms with van der Waals surface area (Å²) in [6.45, 7) is 13.4. The van der Waals surface area contributed by atoms with Gasteiger partial charge in [-0.1, -0.05) is 57.5 Å². The second kappa shape index (κ2) is 8.43. The van der Waals surface area contributed by atoms with Crippen LogP contribution in [0.1, 0.15) is 58.3 Å². The highest BCUT2D eigenvalue weighted by Crippen LogP contribution is 2.42. The highest BCUT2D eigenvalue weighted by molar-refractivity contribution is 9.09. The molecule has 1 atom stereocenters. The Morgan fingerprint density at radius 3 is 1.83 bits per heavy atom. The van der Waals surface area contributed by atoms with Crippen molar-refractivity contribution in [3.63, 3.8) is 0 Å². The number of carbonyl (C=O) groups is 1. The number of carbonyl (C=O) groups excluding carboxylic acids is 1. The topological polar surface area (TPSA) is 26.3 Å². The summed E-state index contributed by atoms with van der Waals surface area (Å²) in [5, 5.41) is -1.30. The van der Waals surface area contributed by atoms with Gasteiger partial charge in [0.15, 0.2) is 10.9 Å². The molecule has 0 saturated heterocycles. The Labute approximate surface area is 149 Å². The number of alkyl halides is 2. The standard InChI is InChI=1S/C18H28BrFO2Si/c1-12(2)23(13(3)4,14(5)6)22-16-9-7-15(8-10-16)17(21)11-18(19)20/h7-10,12-14,18H,11H2,1-6H3. The van der Waals surface area contributed by atoms with Gasteiger partial charge < -0.3 is 4.43 Å². The predicted octanol–water partition coefficient (Wildman–Crippen LogP) is 6.50. The molecule has 1 aromatic rings. The Bertz CT molecular complexity index is 490. The number of benzene rings is 1. The van der Waals surface area contributed by atoms with Gasteiger partial charge in [-0.2, -0.15) is 0 Å². The van der Waals surface area contributed by atoms with Gasteiger partial charge in [-0.05, 0) is 40.9 Å². The van der Waals surface area contributed by atoms with Crippen LogP contribution in [0.3, 0.4) is 0 Å². The third-order valence-electron chi connectivity index (χ3n) is 4.52. The number of ketones is 1. The van der Waals surface area contributed by atoms with E-state index in [9.17, 15) is 9.18 Å². The maximum absolute atomic E-state index is 12.9. The highest BCUT2D eigenvalue weighted by Gasteiger charge is 2.46. The molecular formula is C18H28BrFO2Si. The van der Waals surface area contributed by atoms with Crippen molar-refractivity contribution in [2.75, 3.05) is 0 Å². The van der Waals surface area contributed by atoms with Crippen molar-refractivity contribution < 1.29 is 13.6 Å². The van der Waals surface area contributed by atoms with Crippen LogP contribution in [-0.4, -0.2) is 19.2 Å². The van der Waals surface area contributed by atoms with E-state index in [1.807, 2.05) is 12.1 Å². The lowest BCUT2D eigenvalue weighted by atomic mass is 10.1. The summed E-state index contributed by atoms with van der Waals surface area (Å²) in [6.07, 6.45) is -0.150. The molecule has 23 heavy (non-hydrogen) atoms. The molecule has 1 unspecified atom stereocenters. The smallest absolute Gasteiger partial charge is 0.258 e. The fourth-order valence-electron chi connectivity index (χ4n) is 3.52. The molecule has 0 aliphatic heterocycles. The van der Waals surface area contributed by atoms with Gasteiger partial charge in [-0.25, -0.2) is 4.39 Å². The third-order valence-corrected chi connectivity index (χ3v) is 10.8. The minimum atomic E-state index is -1.99. The number of halogens is 2. The maximum Gasteiger partial charge on any atom is 0.258 e. The first-order chi connectivity index (χ1) is 10.6. The Balaban J connectivity index is 3.01. The molecule has 1 rings (SSSR count). The van der Waals surface area contributed by atoms with Crippen molar-refractivity contribution in [3.05, 3.63) is 29.8 Å². The largest absolute Gasteiger partial charge is 0.543 e. The monoisotopic (exact) mass is 402 g/mol. The number of hydrogen-bond acceptors (Lipinski definition) is 2. The van der Waals surface area contributed by atoms with Crippen LogP contribution >= 0.6 is 15.9 Å². The number of hydrogen-bond donors (Lipinski definition) is 0. The first-order valence-corrected chi connectivity index (χ1v) is 11.3. The maximum atomic E-state index is 12.9. The van der Waals surface area contributed by atoms with Crippen molar-refractivity contribution >= 4 is 30.0 Å². The fourth-order valence-corrected chi connectivity index (χ4v) is 9.07. The zero-order chi connectivity index (χ0) is 17.8. The minimum Gasteiger partial charge on any atom is -0.543 e. The zero-order valence-electron chi connectivity index (χ0n) is 14.9. The van der Waals surface area contributed by atoms with Crippen LogP contribution in [0.2, 0.25) is 16.6 Å². The molecule has 0 aliphatic carbocycles. The van der Waals surface area contributed by atoms with Crippen molar-refractivity contribution in [3.8, 4) is 5.75 Å². The van der Waals surface area contributed by atoms with Crippen LogP contribution < -0.4 is 4.43 Å². The van der Waals surface area contributed by atoms with Crippen LogP contribution in [0, 0.1) is 0 Å². The third kappa shape index (κ3) is 4.89. The Hall–Kier alpha value is -0.683. The summed E-state index contributed by atoms with van der Waals surface area (Å²) in [5.74, 6) is 0.598. The molecule has 2 nitrogen and oxygen atoms in total. The quantitative estimate of drug-likeness (QED) is 0.281. The molecule has 1 aromatic carbocycles. The zero-order valence-corrected chi connectivity index (χ0v) is 17.5. The first kappa shape index (κ1) is 20.4. The molecule has 0 bridgehead atoms. The molecule has 0 amide bonds. The van der Waals surface area contributed by atoms with E-state index in [4.69, 9.17) is 4.43 Å². The summed E-state index contributed by atoms with van der Waals surface area (Å²) < 4.78 is 19.4. The fraction of sp³-hybridized carbons (Fsp3) is 0.611. The number of rotatable bonds is 8. The lowest BCUT2D eigenvalue weighted by Crippen LogP contribution is -2.50. The van der Waals surface area contributed by atoms with E-state index in [-0.39, 0.29) is 12.2 Å². The summed E-state index contributed by atoms with van der Waals surface area (Å²) in [7, 11) is -1.99. The van der Waals surface area contributed by atoms with Crippen molar-refractivity contribution in [2.45, 2.75) is 69.7 Å². The molecule has 0 saturated carbocycles. The van der Waals surface area contributed by atoms with Crippen LogP contribution in [0.4, 0.5) is 4.39 Å². The molecule has 0 fully saturated rings. The predicted molar refractivity (Wildman–Crippen MR) is 101 cm³/mol. The molecule has 0 aliphatic rings. The van der Waals surface area contributed by atoms with Gasteiger partial charge in [0.2, 0.25) is 0 Å². The molecule has 5 heteroatoms. The van der Waals surface area contributed by atoms with Crippen molar-refractivity contribution in [2.24, 2.45) is 0 Å². The van der Waals surface area contributed by atoms with E-state index in [0.29, 0.717) is 22.2 Å². The summed E-state index contributed by atoms with van der Waals surface area (Å²) in [4.78, 5) is 11.9. The van der Waals surface area contributed by atoms with Crippen molar-refractivity contribution in [1.29, 1.82) is 0 Å². The summed E-state index contributed by atoms with van der Waals surface area (Å²) in [5.41, 5.74) is 1.99. The minimum absolute atomic E-state index is 0.150. The van der Waals surface area contributed by atoms with Gasteiger partial charge in [0.25, 0.3) is 8.32 Å². The van der Waals surface area contributed by atoms with E-state index >= 15 is 0 Å². The highest BCUT2D eigenvalue weighted by atomic mass is 79.9. The average molecular weight is 403 g/mol. The van der Waals surface area contributed by atoms with Gasteiger partial charge >= 0.3 is 0 Å². The Morgan fingerprint density at radius 2 is 1.48 bits per heavy atom. The van der Waals surface area contributed by atoms with Crippen LogP contribution in [0.5, 0.6) is 5.75 Å². The second-order valence-corrected chi connectivity index (χ2v) is 13.3. The van der Waals surface area contributed by atoms with E-state index in [1.165, 1.54) is 0 Å². The van der Waals surface area contributed by atoms with Gasteiger partial charge in [0, 0.05) is 5.56 Å². The molecule has 0 spiro atoms. The van der Waals surface area contributed by atoms with Gasteiger partial charge in [0.05, 0.1) is 6.42 Å². The first-order valence-electron chi connectivity index (χ1n) is 8.21. The van der Waals surface area contributed by atoms with Gasteiger partial charge in [0.1, 0.15) is 5.75 Å². The van der Waals surface area contributed by atoms with E-state index < -0.39 is 13.4 Å². The molecule has 130 valence electrons. The van der Waals surface area contributed by atoms with Crippen molar-refractivity contribution in [1.82, 2.24) is 0 Å². The van der Waals surface area contributed by atoms with Gasteiger partial charge in [-0.3, -0.25) is 4.79 Å². The Morgan fingerprint density at radius 1 is 1.04 bits per heavy atom. The molecule has 0 heterocycles. The Kier molecular flexibility index (Phi) is 7.46. The summed E-state index contributed by atoms with van der Waals surface area (Å²) >= 11 is 2.77. The molecule has 0 aromatic heterocycles. The second-order valence-electron chi connectivity index (χ2n) is 6.96. The van der Waals surface area contributed by atoms with Gasteiger partial charge in [-0.15, -0.1) is 0 Å². The molecule has 0 N–H and O–H groups in total. The van der Waals surface area contributed by atoms with Crippen LogP contribution in [0.25, 0.3) is 0 Å². The molecule has 0 radical (unpaired) electrons.